The SMILES string of the molecule is CNC(=O)C(C(C)C)C(C)(C)C. The first-order chi connectivity index (χ1) is 5.30. The van der Waals surface area contributed by atoms with Gasteiger partial charge in [0, 0.05) is 13.0 Å². The van der Waals surface area contributed by atoms with Gasteiger partial charge < -0.3 is 5.32 Å². The van der Waals surface area contributed by atoms with Crippen molar-refractivity contribution in [2.45, 2.75) is 34.6 Å². The van der Waals surface area contributed by atoms with Crippen LogP contribution in [0.4, 0.5) is 0 Å². The summed E-state index contributed by atoms with van der Waals surface area (Å²) in [5, 5.41) is 2.71. The van der Waals surface area contributed by atoms with Crippen LogP contribution in [0.3, 0.4) is 0 Å². The van der Waals surface area contributed by atoms with Crippen molar-refractivity contribution in [1.82, 2.24) is 5.32 Å². The zero-order valence-electron chi connectivity index (χ0n) is 9.06. The van der Waals surface area contributed by atoms with Gasteiger partial charge in [0.25, 0.3) is 0 Å². The first-order valence-corrected chi connectivity index (χ1v) is 4.52. The molecular weight excluding hydrogens is 150 g/mol. The Morgan fingerprint density at radius 1 is 1.25 bits per heavy atom. The van der Waals surface area contributed by atoms with E-state index in [-0.39, 0.29) is 17.2 Å². The van der Waals surface area contributed by atoms with Gasteiger partial charge in [-0.05, 0) is 11.3 Å². The van der Waals surface area contributed by atoms with Crippen LogP contribution in [0.5, 0.6) is 0 Å². The van der Waals surface area contributed by atoms with E-state index >= 15 is 0 Å². The van der Waals surface area contributed by atoms with E-state index in [0.29, 0.717) is 5.92 Å². The molecule has 1 atom stereocenters. The quantitative estimate of drug-likeness (QED) is 0.677. The van der Waals surface area contributed by atoms with E-state index in [1.807, 2.05) is 0 Å². The Morgan fingerprint density at radius 3 is 1.75 bits per heavy atom. The maximum absolute atomic E-state index is 11.5. The summed E-state index contributed by atoms with van der Waals surface area (Å²) in [6.45, 7) is 10.5. The van der Waals surface area contributed by atoms with Crippen LogP contribution in [0.25, 0.3) is 0 Å². The van der Waals surface area contributed by atoms with Gasteiger partial charge in [-0.15, -0.1) is 0 Å². The maximum Gasteiger partial charge on any atom is 0.223 e. The fourth-order valence-corrected chi connectivity index (χ4v) is 1.85. The Kier molecular flexibility index (Phi) is 3.75. The first kappa shape index (κ1) is 11.5. The molecule has 0 aromatic carbocycles. The van der Waals surface area contributed by atoms with Gasteiger partial charge in [-0.3, -0.25) is 4.79 Å². The van der Waals surface area contributed by atoms with Crippen LogP contribution in [0.15, 0.2) is 0 Å². The molecule has 0 aliphatic carbocycles. The van der Waals surface area contributed by atoms with Crippen LogP contribution >= 0.6 is 0 Å². The van der Waals surface area contributed by atoms with Crippen LogP contribution in [0.2, 0.25) is 0 Å². The zero-order chi connectivity index (χ0) is 9.94. The summed E-state index contributed by atoms with van der Waals surface area (Å²) in [5.41, 5.74) is 0.0499. The highest BCUT2D eigenvalue weighted by Crippen LogP contribution is 2.31. The normalized spacial score (nSPS) is 14.6. The molecule has 0 bridgehead atoms. The Labute approximate surface area is 75.7 Å². The van der Waals surface area contributed by atoms with Crippen LogP contribution in [0, 0.1) is 17.3 Å². The number of rotatable bonds is 2. The summed E-state index contributed by atoms with van der Waals surface area (Å²) < 4.78 is 0. The molecule has 0 saturated heterocycles. The average molecular weight is 171 g/mol. The van der Waals surface area contributed by atoms with E-state index in [0.717, 1.165) is 0 Å². The van der Waals surface area contributed by atoms with Crippen LogP contribution in [-0.4, -0.2) is 13.0 Å². The second-order valence-corrected chi connectivity index (χ2v) is 4.70. The number of amides is 1. The molecule has 2 heteroatoms. The molecule has 2 nitrogen and oxygen atoms in total. The number of carbonyl (C=O) groups excluding carboxylic acids is 1. The molecule has 1 amide bonds. The summed E-state index contributed by atoms with van der Waals surface area (Å²) in [4.78, 5) is 11.5. The standard InChI is InChI=1S/C10H21NO/c1-7(2)8(9(12)11-6)10(3,4)5/h7-8H,1-6H3,(H,11,12). The van der Waals surface area contributed by atoms with E-state index in [1.165, 1.54) is 0 Å². The Balaban J connectivity index is 4.56. The first-order valence-electron chi connectivity index (χ1n) is 4.52. The van der Waals surface area contributed by atoms with E-state index < -0.39 is 0 Å². The largest absolute Gasteiger partial charge is 0.359 e. The predicted molar refractivity (Wildman–Crippen MR) is 51.8 cm³/mol. The fourth-order valence-electron chi connectivity index (χ4n) is 1.85. The van der Waals surface area contributed by atoms with Gasteiger partial charge in [0.2, 0.25) is 5.91 Å². The molecule has 12 heavy (non-hydrogen) atoms. The van der Waals surface area contributed by atoms with Crippen LogP contribution < -0.4 is 5.32 Å². The second-order valence-electron chi connectivity index (χ2n) is 4.70. The van der Waals surface area contributed by atoms with Gasteiger partial charge >= 0.3 is 0 Å². The van der Waals surface area contributed by atoms with Gasteiger partial charge in [-0.1, -0.05) is 34.6 Å². The van der Waals surface area contributed by atoms with Crippen molar-refractivity contribution in [3.05, 3.63) is 0 Å². The minimum absolute atomic E-state index is 0.0499. The number of carbonyl (C=O) groups is 1. The lowest BCUT2D eigenvalue weighted by Gasteiger charge is -2.32. The Hall–Kier alpha value is -0.530. The molecule has 0 rings (SSSR count). The third-order valence-corrected chi connectivity index (χ3v) is 2.13. The molecule has 0 aromatic rings. The monoisotopic (exact) mass is 171 g/mol. The number of hydrogen-bond donors (Lipinski definition) is 1. The van der Waals surface area contributed by atoms with Crippen LogP contribution in [-0.2, 0) is 4.79 Å². The van der Waals surface area contributed by atoms with Crippen molar-refractivity contribution in [2.24, 2.45) is 17.3 Å². The van der Waals surface area contributed by atoms with Crippen molar-refractivity contribution in [3.8, 4) is 0 Å². The topological polar surface area (TPSA) is 29.1 Å². The lowest BCUT2D eigenvalue weighted by molar-refractivity contribution is -0.129. The lowest BCUT2D eigenvalue weighted by atomic mass is 9.74. The van der Waals surface area contributed by atoms with Crippen molar-refractivity contribution in [1.29, 1.82) is 0 Å². The van der Waals surface area contributed by atoms with E-state index in [4.69, 9.17) is 0 Å². The van der Waals surface area contributed by atoms with E-state index in [1.54, 1.807) is 7.05 Å². The molecule has 72 valence electrons. The van der Waals surface area contributed by atoms with Crippen molar-refractivity contribution in [2.75, 3.05) is 7.05 Å². The summed E-state index contributed by atoms with van der Waals surface area (Å²) in [6, 6.07) is 0. The Morgan fingerprint density at radius 2 is 1.67 bits per heavy atom. The number of hydrogen-bond acceptors (Lipinski definition) is 1. The molecule has 0 spiro atoms. The van der Waals surface area contributed by atoms with Gasteiger partial charge in [0.15, 0.2) is 0 Å². The summed E-state index contributed by atoms with van der Waals surface area (Å²) in [6.07, 6.45) is 0. The summed E-state index contributed by atoms with van der Waals surface area (Å²) >= 11 is 0. The van der Waals surface area contributed by atoms with Gasteiger partial charge in [-0.2, -0.15) is 0 Å². The third kappa shape index (κ3) is 2.84. The average Bonchev–Trinajstić information content (AvgIpc) is 1.83. The molecular formula is C10H21NO. The molecule has 0 aliphatic rings. The molecule has 0 radical (unpaired) electrons. The lowest BCUT2D eigenvalue weighted by Crippen LogP contribution is -2.39. The van der Waals surface area contributed by atoms with Crippen LogP contribution in [0.1, 0.15) is 34.6 Å². The minimum atomic E-state index is 0.0499. The second kappa shape index (κ2) is 3.92. The maximum atomic E-state index is 11.5. The molecule has 0 aromatic heterocycles. The highest BCUT2D eigenvalue weighted by atomic mass is 16.1. The van der Waals surface area contributed by atoms with Crippen molar-refractivity contribution in [3.63, 3.8) is 0 Å². The molecule has 0 aliphatic heterocycles. The fraction of sp³-hybridized carbons (Fsp3) is 0.900. The zero-order valence-corrected chi connectivity index (χ0v) is 9.06. The van der Waals surface area contributed by atoms with Gasteiger partial charge in [0.1, 0.15) is 0 Å². The highest BCUT2D eigenvalue weighted by molar-refractivity contribution is 5.79. The van der Waals surface area contributed by atoms with Crippen molar-refractivity contribution < 1.29 is 4.79 Å². The van der Waals surface area contributed by atoms with E-state index in [9.17, 15) is 4.79 Å². The van der Waals surface area contributed by atoms with Gasteiger partial charge in [-0.25, -0.2) is 0 Å². The highest BCUT2D eigenvalue weighted by Gasteiger charge is 2.32. The molecule has 0 fully saturated rings. The van der Waals surface area contributed by atoms with E-state index in [2.05, 4.69) is 39.9 Å². The predicted octanol–water partition coefficient (Wildman–Crippen LogP) is 2.05. The minimum Gasteiger partial charge on any atom is -0.359 e. The van der Waals surface area contributed by atoms with Crippen molar-refractivity contribution >= 4 is 5.91 Å². The summed E-state index contributed by atoms with van der Waals surface area (Å²) in [5.74, 6) is 0.643. The molecule has 1 unspecified atom stereocenters. The smallest absolute Gasteiger partial charge is 0.223 e. The Bertz CT molecular complexity index is 156. The molecule has 0 saturated carbocycles. The number of nitrogens with one attached hydrogen (secondary N) is 1. The molecule has 1 N–H and O–H groups in total. The summed E-state index contributed by atoms with van der Waals surface area (Å²) in [7, 11) is 1.70. The molecule has 0 heterocycles. The third-order valence-electron chi connectivity index (χ3n) is 2.13. The van der Waals surface area contributed by atoms with Gasteiger partial charge in [0.05, 0.1) is 0 Å².